The standard InChI is InChI=1S/C15H20N5O8P/c1-6(2)12(23)18-15-17-11-9(13(24)19-15)16-5-20(11)14-10(28-29(25)26)7(3-21)8(4-22)27-14/h5-8,10,14,21-22H,3-4H2,1-2H3,(H2,17,18,19,23,24)/t7-,8?,10-,14?/m0/s1. The summed E-state index contributed by atoms with van der Waals surface area (Å²) in [5.74, 6) is -1.70. The molecular formula is C15H20N5O8P. The maximum atomic E-state index is 12.3. The van der Waals surface area contributed by atoms with E-state index in [-0.39, 0.29) is 28.9 Å². The van der Waals surface area contributed by atoms with Crippen LogP contribution >= 0.6 is 8.25 Å². The summed E-state index contributed by atoms with van der Waals surface area (Å²) >= 11 is 0. The number of rotatable bonds is 7. The van der Waals surface area contributed by atoms with Crippen LogP contribution in [0.4, 0.5) is 5.95 Å². The molecule has 1 amide bonds. The Labute approximate surface area is 164 Å². The maximum absolute atomic E-state index is 12.3. The molecule has 0 radical (unpaired) electrons. The third kappa shape index (κ3) is 4.20. The molecular weight excluding hydrogens is 409 g/mol. The van der Waals surface area contributed by atoms with Gasteiger partial charge >= 0.3 is 8.25 Å². The van der Waals surface area contributed by atoms with Crippen LogP contribution in [0.25, 0.3) is 11.2 Å². The zero-order valence-corrected chi connectivity index (χ0v) is 16.4. The van der Waals surface area contributed by atoms with E-state index in [9.17, 15) is 29.3 Å². The number of H-pyrrole nitrogens is 1. The Morgan fingerprint density at radius 2 is 2.21 bits per heavy atom. The van der Waals surface area contributed by atoms with Gasteiger partial charge in [0.25, 0.3) is 5.56 Å². The maximum Gasteiger partial charge on any atom is 0.488 e. The number of imidazole rings is 1. The van der Waals surface area contributed by atoms with Gasteiger partial charge in [0.1, 0.15) is 0 Å². The minimum absolute atomic E-state index is 0.00260. The zero-order chi connectivity index (χ0) is 21.3. The molecule has 0 saturated carbocycles. The van der Waals surface area contributed by atoms with E-state index in [1.165, 1.54) is 10.9 Å². The van der Waals surface area contributed by atoms with Gasteiger partial charge in [0, 0.05) is 11.8 Å². The van der Waals surface area contributed by atoms with Crippen molar-refractivity contribution in [1.29, 1.82) is 0 Å². The van der Waals surface area contributed by atoms with E-state index in [2.05, 4.69) is 20.3 Å². The largest absolute Gasteiger partial charge is 0.566 e. The van der Waals surface area contributed by atoms with Crippen LogP contribution in [0.2, 0.25) is 0 Å². The van der Waals surface area contributed by atoms with Crippen LogP contribution in [0.5, 0.6) is 0 Å². The second-order valence-corrected chi connectivity index (χ2v) is 7.43. The van der Waals surface area contributed by atoms with Gasteiger partial charge in [0.05, 0.1) is 25.6 Å². The lowest BCUT2D eigenvalue weighted by molar-refractivity contribution is -0.193. The number of aromatic nitrogens is 4. The van der Waals surface area contributed by atoms with Gasteiger partial charge in [-0.05, 0) is 4.57 Å². The molecule has 5 atom stereocenters. The molecule has 0 bridgehead atoms. The Hall–Kier alpha value is -2.28. The number of hydrogen-bond donors (Lipinski definition) is 4. The third-order valence-electron chi connectivity index (χ3n) is 4.57. The van der Waals surface area contributed by atoms with Gasteiger partial charge in [-0.3, -0.25) is 24.5 Å². The lowest BCUT2D eigenvalue weighted by Crippen LogP contribution is -2.32. The predicted molar refractivity (Wildman–Crippen MR) is 95.7 cm³/mol. The van der Waals surface area contributed by atoms with Gasteiger partial charge in [0.15, 0.2) is 23.5 Å². The first kappa shape index (κ1) is 21.4. The molecule has 4 N–H and O–H groups in total. The fraction of sp³-hybridized carbons (Fsp3) is 0.600. The smallest absolute Gasteiger partial charge is 0.488 e. The van der Waals surface area contributed by atoms with Crippen molar-refractivity contribution in [3.63, 3.8) is 0 Å². The fourth-order valence-electron chi connectivity index (χ4n) is 3.07. The number of carbonyl (C=O) groups excluding carboxylic acids is 1. The monoisotopic (exact) mass is 429 g/mol. The molecule has 3 rings (SSSR count). The van der Waals surface area contributed by atoms with Gasteiger partial charge in [0.2, 0.25) is 11.9 Å². The Balaban J connectivity index is 2.05. The van der Waals surface area contributed by atoms with Crippen molar-refractivity contribution in [2.45, 2.75) is 32.3 Å². The molecule has 1 fully saturated rings. The molecule has 1 aliphatic heterocycles. The van der Waals surface area contributed by atoms with Crippen LogP contribution in [-0.4, -0.2) is 61.1 Å². The fourth-order valence-corrected chi connectivity index (χ4v) is 3.53. The Bertz CT molecular complexity index is 975. The summed E-state index contributed by atoms with van der Waals surface area (Å²) in [6, 6.07) is 0. The topological polar surface area (TPSA) is 192 Å². The van der Waals surface area contributed by atoms with Crippen molar-refractivity contribution < 1.29 is 33.7 Å². The van der Waals surface area contributed by atoms with Crippen LogP contribution in [0, 0.1) is 11.8 Å². The molecule has 29 heavy (non-hydrogen) atoms. The summed E-state index contributed by atoms with van der Waals surface area (Å²) in [5, 5.41) is 21.6. The number of nitrogens with one attached hydrogen (secondary N) is 2. The molecule has 0 aliphatic carbocycles. The number of amides is 1. The van der Waals surface area contributed by atoms with E-state index in [0.717, 1.165) is 0 Å². The lowest BCUT2D eigenvalue weighted by Gasteiger charge is -2.18. The number of ether oxygens (including phenoxy) is 1. The Morgan fingerprint density at radius 3 is 2.79 bits per heavy atom. The van der Waals surface area contributed by atoms with Gasteiger partial charge in [-0.1, -0.05) is 13.8 Å². The van der Waals surface area contributed by atoms with Gasteiger partial charge in [-0.2, -0.15) is 4.98 Å². The van der Waals surface area contributed by atoms with E-state index in [1.807, 2.05) is 0 Å². The molecule has 3 heterocycles. The molecule has 3 unspecified atom stereocenters. The number of aliphatic hydroxyl groups is 2. The first-order valence-corrected chi connectivity index (χ1v) is 9.82. The number of fused-ring (bicyclic) bond motifs is 1. The molecule has 13 nitrogen and oxygen atoms in total. The number of nitrogens with zero attached hydrogens (tertiary/aromatic N) is 3. The molecule has 158 valence electrons. The molecule has 1 saturated heterocycles. The predicted octanol–water partition coefficient (Wildman–Crippen LogP) is -1.38. The van der Waals surface area contributed by atoms with E-state index in [1.54, 1.807) is 13.8 Å². The zero-order valence-electron chi connectivity index (χ0n) is 15.5. The SMILES string of the molecule is CC(C)C(=O)Nc1nc2c(ncn2C2OC(CO)[C@H](CO)[C@@H]2O[P+](=O)[O-])c(=O)[nH]1. The normalized spacial score (nSPS) is 25.0. The summed E-state index contributed by atoms with van der Waals surface area (Å²) in [6.45, 7) is 2.33. The minimum Gasteiger partial charge on any atom is -0.566 e. The molecule has 1 aliphatic rings. The highest BCUT2D eigenvalue weighted by Crippen LogP contribution is 2.40. The van der Waals surface area contributed by atoms with Crippen LogP contribution in [0.3, 0.4) is 0 Å². The van der Waals surface area contributed by atoms with Crippen molar-refractivity contribution in [3.05, 3.63) is 16.7 Å². The number of aliphatic hydroxyl groups excluding tert-OH is 2. The minimum atomic E-state index is -3.30. The van der Waals surface area contributed by atoms with Gasteiger partial charge in [-0.25, -0.2) is 4.98 Å². The van der Waals surface area contributed by atoms with E-state index in [4.69, 9.17) is 9.26 Å². The van der Waals surface area contributed by atoms with E-state index < -0.39 is 51.4 Å². The summed E-state index contributed by atoms with van der Waals surface area (Å²) in [6.07, 6.45) is -2.05. The summed E-state index contributed by atoms with van der Waals surface area (Å²) in [7, 11) is -3.30. The van der Waals surface area contributed by atoms with E-state index in [0.29, 0.717) is 0 Å². The number of hydrogen-bond acceptors (Lipinski definition) is 10. The third-order valence-corrected chi connectivity index (χ3v) is 4.98. The van der Waals surface area contributed by atoms with Gasteiger partial charge < -0.3 is 19.8 Å². The average molecular weight is 429 g/mol. The van der Waals surface area contributed by atoms with Crippen LogP contribution in [-0.2, 0) is 18.6 Å². The number of carbonyl (C=O) groups is 1. The number of aromatic amines is 1. The van der Waals surface area contributed by atoms with Crippen LogP contribution < -0.4 is 15.8 Å². The molecule has 0 spiro atoms. The van der Waals surface area contributed by atoms with Crippen LogP contribution in [0.15, 0.2) is 11.1 Å². The van der Waals surface area contributed by atoms with Crippen molar-refractivity contribution in [2.75, 3.05) is 18.5 Å². The van der Waals surface area contributed by atoms with Crippen LogP contribution in [0.1, 0.15) is 20.1 Å². The summed E-state index contributed by atoms with van der Waals surface area (Å²) < 4.78 is 23.0. The van der Waals surface area contributed by atoms with E-state index >= 15 is 0 Å². The molecule has 0 aromatic carbocycles. The van der Waals surface area contributed by atoms with Gasteiger partial charge in [-0.15, -0.1) is 4.52 Å². The molecule has 2 aromatic rings. The highest BCUT2D eigenvalue weighted by molar-refractivity contribution is 7.30. The lowest BCUT2D eigenvalue weighted by atomic mass is 9.99. The first-order chi connectivity index (χ1) is 13.8. The second kappa shape index (κ2) is 8.61. The summed E-state index contributed by atoms with van der Waals surface area (Å²) in [5.41, 5.74) is -0.701. The number of anilines is 1. The summed E-state index contributed by atoms with van der Waals surface area (Å²) in [4.78, 5) is 45.9. The highest BCUT2D eigenvalue weighted by Gasteiger charge is 2.49. The molecule has 14 heteroatoms. The molecule has 2 aromatic heterocycles. The van der Waals surface area contributed by atoms with Crippen molar-refractivity contribution in [1.82, 2.24) is 19.5 Å². The van der Waals surface area contributed by atoms with Crippen molar-refractivity contribution >= 4 is 31.3 Å². The van der Waals surface area contributed by atoms with Crippen molar-refractivity contribution in [3.8, 4) is 0 Å². The average Bonchev–Trinajstić information content (AvgIpc) is 3.22. The highest BCUT2D eigenvalue weighted by atomic mass is 31.1. The van der Waals surface area contributed by atoms with Crippen molar-refractivity contribution in [2.24, 2.45) is 11.8 Å². The quantitative estimate of drug-likeness (QED) is 0.381. The first-order valence-electron chi connectivity index (χ1n) is 8.72. The Morgan fingerprint density at radius 1 is 1.48 bits per heavy atom. The Kier molecular flexibility index (Phi) is 6.36. The second-order valence-electron chi connectivity index (χ2n) is 6.77.